The van der Waals surface area contributed by atoms with E-state index in [1.165, 1.54) is 12.5 Å². The van der Waals surface area contributed by atoms with Crippen molar-refractivity contribution < 1.29 is 17.9 Å². The number of hydrogen-bond acceptors (Lipinski definition) is 3. The Labute approximate surface area is 179 Å². The molecule has 0 saturated carbocycles. The first-order valence-electron chi connectivity index (χ1n) is 10.8. The first-order chi connectivity index (χ1) is 14.9. The van der Waals surface area contributed by atoms with Crippen LogP contribution in [0, 0.1) is 5.92 Å². The highest BCUT2D eigenvalue weighted by atomic mass is 19.4. The van der Waals surface area contributed by atoms with E-state index < -0.39 is 11.9 Å². The minimum Gasteiger partial charge on any atom is -0.491 e. The van der Waals surface area contributed by atoms with Crippen molar-refractivity contribution in [1.29, 1.82) is 0 Å². The molecule has 31 heavy (non-hydrogen) atoms. The van der Waals surface area contributed by atoms with Crippen LogP contribution in [0.15, 0.2) is 48.5 Å². The molecule has 0 aliphatic carbocycles. The largest absolute Gasteiger partial charge is 0.491 e. The van der Waals surface area contributed by atoms with Gasteiger partial charge < -0.3 is 15.0 Å². The second-order valence-electron chi connectivity index (χ2n) is 8.73. The van der Waals surface area contributed by atoms with Crippen molar-refractivity contribution in [3.8, 4) is 5.75 Å². The Kier molecular flexibility index (Phi) is 5.08. The van der Waals surface area contributed by atoms with Crippen molar-refractivity contribution in [2.24, 2.45) is 5.92 Å². The Balaban J connectivity index is 1.54. The first kappa shape index (κ1) is 20.2. The lowest BCUT2D eigenvalue weighted by atomic mass is 9.91. The highest BCUT2D eigenvalue weighted by Gasteiger charge is 2.37. The van der Waals surface area contributed by atoms with E-state index in [0.717, 1.165) is 30.8 Å². The van der Waals surface area contributed by atoms with Crippen LogP contribution in [0.1, 0.15) is 37.1 Å². The number of ether oxygens (including phenoxy) is 1. The van der Waals surface area contributed by atoms with E-state index in [-0.39, 0.29) is 12.1 Å². The van der Waals surface area contributed by atoms with Gasteiger partial charge in [-0.15, -0.1) is 0 Å². The second kappa shape index (κ2) is 7.79. The Morgan fingerprint density at radius 2 is 1.97 bits per heavy atom. The molecule has 0 radical (unpaired) electrons. The van der Waals surface area contributed by atoms with Crippen molar-refractivity contribution >= 4 is 16.6 Å². The number of aromatic nitrogens is 1. The molecule has 2 N–H and O–H groups in total. The molecule has 4 nitrogen and oxygen atoms in total. The van der Waals surface area contributed by atoms with Gasteiger partial charge in [0.15, 0.2) is 0 Å². The Morgan fingerprint density at radius 3 is 2.77 bits per heavy atom. The molecule has 2 aliphatic heterocycles. The summed E-state index contributed by atoms with van der Waals surface area (Å²) in [6.07, 6.45) is -2.04. The van der Waals surface area contributed by atoms with Crippen LogP contribution < -0.4 is 10.1 Å². The fraction of sp³-hybridized carbons (Fsp3) is 0.417. The van der Waals surface area contributed by atoms with Gasteiger partial charge in [-0.05, 0) is 49.6 Å². The maximum Gasteiger partial charge on any atom is 0.431 e. The molecule has 2 aromatic carbocycles. The first-order valence-corrected chi connectivity index (χ1v) is 10.8. The second-order valence-corrected chi connectivity index (χ2v) is 8.73. The van der Waals surface area contributed by atoms with E-state index >= 15 is 0 Å². The molecule has 0 unspecified atom stereocenters. The average molecular weight is 429 g/mol. The van der Waals surface area contributed by atoms with E-state index in [4.69, 9.17) is 4.74 Å². The Hall–Kier alpha value is -2.67. The number of para-hydroxylation sites is 1. The highest BCUT2D eigenvalue weighted by Crippen LogP contribution is 2.40. The quantitative estimate of drug-likeness (QED) is 0.550. The minimum atomic E-state index is -4.41. The molecule has 2 aliphatic rings. The number of halogens is 3. The van der Waals surface area contributed by atoms with E-state index in [9.17, 15) is 13.2 Å². The van der Waals surface area contributed by atoms with Crippen molar-refractivity contribution in [1.82, 2.24) is 9.88 Å². The van der Waals surface area contributed by atoms with Crippen LogP contribution in [0.3, 0.4) is 0 Å². The normalized spacial score (nSPS) is 24.6. The predicted molar refractivity (Wildman–Crippen MR) is 115 cm³/mol. The van der Waals surface area contributed by atoms with Crippen molar-refractivity contribution in [3.63, 3.8) is 0 Å². The van der Waals surface area contributed by atoms with Gasteiger partial charge in [0.2, 0.25) is 0 Å². The molecule has 0 spiro atoms. The maximum atomic E-state index is 13.3. The smallest absolute Gasteiger partial charge is 0.431 e. The number of alkyl halides is 3. The third-order valence-electron chi connectivity index (χ3n) is 6.49. The van der Waals surface area contributed by atoms with Gasteiger partial charge in [0.05, 0.1) is 12.1 Å². The zero-order valence-corrected chi connectivity index (χ0v) is 17.4. The number of nitrogens with one attached hydrogen (secondary N) is 2. The van der Waals surface area contributed by atoms with Crippen molar-refractivity contribution in [2.75, 3.05) is 25.0 Å². The maximum absolute atomic E-state index is 13.3. The van der Waals surface area contributed by atoms with Crippen LogP contribution in [-0.4, -0.2) is 35.6 Å². The molecule has 1 saturated heterocycles. The number of nitrogens with zero attached hydrogens (tertiary/aromatic N) is 1. The molecule has 7 heteroatoms. The highest BCUT2D eigenvalue weighted by molar-refractivity contribution is 5.93. The van der Waals surface area contributed by atoms with E-state index in [0.29, 0.717) is 29.1 Å². The van der Waals surface area contributed by atoms with Crippen molar-refractivity contribution in [2.45, 2.75) is 38.0 Å². The fourth-order valence-electron chi connectivity index (χ4n) is 4.97. The van der Waals surface area contributed by atoms with Crippen LogP contribution in [-0.2, 0) is 6.18 Å². The number of anilines is 1. The number of piperidine rings is 1. The van der Waals surface area contributed by atoms with Gasteiger partial charge in [-0.25, -0.2) is 0 Å². The van der Waals surface area contributed by atoms with E-state index in [1.807, 2.05) is 30.3 Å². The molecular weight excluding hydrogens is 403 g/mol. The van der Waals surface area contributed by atoms with Gasteiger partial charge in [0.1, 0.15) is 18.1 Å². The van der Waals surface area contributed by atoms with Gasteiger partial charge in [0.25, 0.3) is 0 Å². The number of hydrogen-bond donors (Lipinski definition) is 2. The lowest BCUT2D eigenvalue weighted by Crippen LogP contribution is -2.51. The molecule has 5 rings (SSSR count). The molecule has 3 atom stereocenters. The number of likely N-dealkylation sites (tertiary alicyclic amines) is 1. The topological polar surface area (TPSA) is 40.3 Å². The number of aromatic amines is 1. The number of fused-ring (bicyclic) bond motifs is 2. The summed E-state index contributed by atoms with van der Waals surface area (Å²) in [6.45, 7) is 4.83. The summed E-state index contributed by atoms with van der Waals surface area (Å²) in [5.74, 6) is 1.45. The summed E-state index contributed by atoms with van der Waals surface area (Å²) in [5, 5.41) is 4.14. The predicted octanol–water partition coefficient (Wildman–Crippen LogP) is 5.83. The monoisotopic (exact) mass is 429 g/mol. The zero-order chi connectivity index (χ0) is 21.6. The standard InChI is InChI=1S/C24H26F3N3O/c1-15-6-5-11-30(13-15)20-14-31-21-10-3-2-7-16(21)23(20)29-19-9-4-8-18-17(19)12-22(28-18)24(25,26)27/h2-4,7-10,12,15,20,23,28-29H,5-6,11,13-14H2,1H3/t15-,20-,23-/m0/s1. The Bertz CT molecular complexity index is 1080. The summed E-state index contributed by atoms with van der Waals surface area (Å²) >= 11 is 0. The molecule has 3 heterocycles. The van der Waals surface area contributed by atoms with E-state index in [1.54, 1.807) is 12.1 Å². The van der Waals surface area contributed by atoms with Gasteiger partial charge in [-0.3, -0.25) is 4.90 Å². The molecule has 1 aromatic heterocycles. The average Bonchev–Trinajstić information content (AvgIpc) is 3.20. The summed E-state index contributed by atoms with van der Waals surface area (Å²) in [7, 11) is 0. The molecule has 1 fully saturated rings. The third-order valence-corrected chi connectivity index (χ3v) is 6.49. The van der Waals surface area contributed by atoms with Gasteiger partial charge in [-0.2, -0.15) is 13.2 Å². The van der Waals surface area contributed by atoms with Crippen LogP contribution in [0.4, 0.5) is 18.9 Å². The van der Waals surface area contributed by atoms with Crippen LogP contribution in [0.2, 0.25) is 0 Å². The SMILES string of the molecule is C[C@H]1CCCN([C@H]2COc3ccccc3[C@@H]2Nc2cccc3[nH]c(C(F)(F)F)cc23)C1. The summed E-state index contributed by atoms with van der Waals surface area (Å²) in [5.41, 5.74) is 1.48. The van der Waals surface area contributed by atoms with Crippen LogP contribution in [0.5, 0.6) is 5.75 Å². The number of H-pyrrole nitrogens is 1. The van der Waals surface area contributed by atoms with Gasteiger partial charge >= 0.3 is 6.18 Å². The summed E-state index contributed by atoms with van der Waals surface area (Å²) < 4.78 is 45.9. The van der Waals surface area contributed by atoms with Crippen LogP contribution in [0.25, 0.3) is 10.9 Å². The molecule has 0 amide bonds. The third kappa shape index (κ3) is 3.87. The minimum absolute atomic E-state index is 0.0786. The number of benzene rings is 2. The van der Waals surface area contributed by atoms with Gasteiger partial charge in [-0.1, -0.05) is 31.2 Å². The molecule has 0 bridgehead atoms. The fourth-order valence-corrected chi connectivity index (χ4v) is 4.97. The molecule has 164 valence electrons. The van der Waals surface area contributed by atoms with E-state index in [2.05, 4.69) is 22.1 Å². The zero-order valence-electron chi connectivity index (χ0n) is 17.4. The Morgan fingerprint density at radius 1 is 1.13 bits per heavy atom. The lowest BCUT2D eigenvalue weighted by molar-refractivity contribution is -0.140. The summed E-state index contributed by atoms with van der Waals surface area (Å²) in [6, 6.07) is 14.5. The van der Waals surface area contributed by atoms with Crippen molar-refractivity contribution in [3.05, 3.63) is 59.8 Å². The number of rotatable bonds is 3. The lowest BCUT2D eigenvalue weighted by Gasteiger charge is -2.44. The summed E-state index contributed by atoms with van der Waals surface area (Å²) in [4.78, 5) is 4.98. The van der Waals surface area contributed by atoms with Crippen LogP contribution >= 0.6 is 0 Å². The molecule has 3 aromatic rings. The van der Waals surface area contributed by atoms with Gasteiger partial charge in [0, 0.05) is 28.7 Å². The molecular formula is C24H26F3N3O.